The van der Waals surface area contributed by atoms with E-state index >= 15 is 0 Å². The van der Waals surface area contributed by atoms with E-state index in [1.165, 1.54) is 66.1 Å². The van der Waals surface area contributed by atoms with Gasteiger partial charge in [0.15, 0.2) is 0 Å². The maximum absolute atomic E-state index is 11.5. The smallest absolute Gasteiger partial charge is 0.330 e. The quantitative estimate of drug-likeness (QED) is 0.0577. The molecule has 3 aliphatic rings. The molecule has 9 aromatic rings. The third kappa shape index (κ3) is 8.36. The van der Waals surface area contributed by atoms with Crippen molar-refractivity contribution in [2.75, 3.05) is 26.4 Å². The Morgan fingerprint density at radius 3 is 1.47 bits per heavy atom. The highest BCUT2D eigenvalue weighted by atomic mass is 16.6. The summed E-state index contributed by atoms with van der Waals surface area (Å²) in [6, 6.07) is 65.5. The minimum absolute atomic E-state index is 0.140. The molecule has 0 unspecified atom stereocenters. The Morgan fingerprint density at radius 2 is 0.918 bits per heavy atom. The second kappa shape index (κ2) is 18.9. The van der Waals surface area contributed by atoms with Crippen molar-refractivity contribution in [1.29, 1.82) is 0 Å². The second-order valence-corrected chi connectivity index (χ2v) is 18.5. The van der Waals surface area contributed by atoms with Crippen LogP contribution in [-0.2, 0) is 37.3 Å². The van der Waals surface area contributed by atoms with E-state index in [9.17, 15) is 9.59 Å². The molecule has 0 spiro atoms. The van der Waals surface area contributed by atoms with E-state index in [1.807, 2.05) is 48.5 Å². The predicted octanol–water partition coefficient (Wildman–Crippen LogP) is 13.6. The van der Waals surface area contributed by atoms with Gasteiger partial charge in [0.2, 0.25) is 0 Å². The summed E-state index contributed by atoms with van der Waals surface area (Å²) < 4.78 is 21.8. The third-order valence-corrected chi connectivity index (χ3v) is 14.2. The second-order valence-electron chi connectivity index (χ2n) is 18.5. The van der Waals surface area contributed by atoms with Gasteiger partial charge in [-0.3, -0.25) is 9.98 Å². The first kappa shape index (κ1) is 45.0. The Balaban J connectivity index is 0.933. The van der Waals surface area contributed by atoms with Crippen molar-refractivity contribution in [2.24, 2.45) is 9.98 Å². The fourth-order valence-corrected chi connectivity index (χ4v) is 10.8. The van der Waals surface area contributed by atoms with Crippen LogP contribution in [0.4, 0.5) is 11.4 Å². The van der Waals surface area contributed by atoms with E-state index < -0.39 is 17.4 Å². The summed E-state index contributed by atoms with van der Waals surface area (Å²) in [7, 11) is 0. The van der Waals surface area contributed by atoms with Crippen molar-refractivity contribution in [2.45, 2.75) is 18.3 Å². The van der Waals surface area contributed by atoms with Crippen LogP contribution in [-0.4, -0.2) is 49.8 Å². The predicted molar refractivity (Wildman–Crippen MR) is 290 cm³/mol. The van der Waals surface area contributed by atoms with Crippen LogP contribution in [0.15, 0.2) is 217 Å². The van der Waals surface area contributed by atoms with Gasteiger partial charge in [-0.15, -0.1) is 0 Å². The Kier molecular flexibility index (Phi) is 11.6. The van der Waals surface area contributed by atoms with Crippen molar-refractivity contribution in [3.63, 3.8) is 0 Å². The zero-order valence-corrected chi connectivity index (χ0v) is 40.0. The lowest BCUT2D eigenvalue weighted by Crippen LogP contribution is -2.29. The molecule has 0 bridgehead atoms. The molecule has 0 saturated carbocycles. The zero-order valence-electron chi connectivity index (χ0n) is 40.0. The summed E-state index contributed by atoms with van der Waals surface area (Å²) in [5, 5.41) is 4.80. The van der Waals surface area contributed by atoms with Gasteiger partial charge >= 0.3 is 11.9 Å². The molecule has 1 aliphatic carbocycles. The van der Waals surface area contributed by atoms with Crippen LogP contribution in [0.2, 0.25) is 0 Å². The number of rotatable bonds is 15. The minimum Gasteiger partial charge on any atom is -0.490 e. The molecule has 0 fully saturated rings. The molecule has 0 atom stereocenters. The number of aliphatic imine (C=N–C) groups is 2. The van der Waals surface area contributed by atoms with Gasteiger partial charge < -0.3 is 18.9 Å². The number of benzene rings is 9. The first-order valence-electron chi connectivity index (χ1n) is 24.5. The van der Waals surface area contributed by atoms with Gasteiger partial charge in [0.25, 0.3) is 0 Å². The van der Waals surface area contributed by atoms with Gasteiger partial charge in [0, 0.05) is 25.0 Å². The summed E-state index contributed by atoms with van der Waals surface area (Å²) in [5.41, 5.74) is 17.1. The van der Waals surface area contributed by atoms with E-state index in [2.05, 4.69) is 147 Å². The molecule has 2 heterocycles. The van der Waals surface area contributed by atoms with Gasteiger partial charge in [-0.1, -0.05) is 110 Å². The van der Waals surface area contributed by atoms with Crippen molar-refractivity contribution >= 4 is 56.3 Å². The summed E-state index contributed by atoms with van der Waals surface area (Å²) in [4.78, 5) is 33.3. The van der Waals surface area contributed by atoms with Crippen LogP contribution in [0.3, 0.4) is 0 Å². The Labute approximate surface area is 423 Å². The van der Waals surface area contributed by atoms with Gasteiger partial charge in [-0.2, -0.15) is 0 Å². The monoisotopic (exact) mass is 952 g/mol. The standard InChI is InChI=1S/C65H48N2O6/c1-3-63(68)72-31-29-70-53-22-15-42(16-23-53)61-39-49-34-51(20-27-59(49)66-61)65(52-21-28-60-50(35-52)40-62(67-60)43-17-24-54(25-18-43)71-30-32-73-64(69)4-2)57-26-19-48(47-14-13-41-9-5-6-10-44(41)33-47)37-55(57)56-36-45-11-7-8-12-46(45)38-58(56)65/h3-28,33-38H,1-2,29-32,39-40H2. The average molecular weight is 953 g/mol. The van der Waals surface area contributed by atoms with Crippen LogP contribution in [0.25, 0.3) is 43.8 Å². The van der Waals surface area contributed by atoms with Crippen molar-refractivity contribution in [3.8, 4) is 33.8 Å². The van der Waals surface area contributed by atoms with Crippen molar-refractivity contribution < 1.29 is 28.5 Å². The molecule has 8 nitrogen and oxygen atoms in total. The zero-order chi connectivity index (χ0) is 49.5. The fraction of sp³-hybridized carbons (Fsp3) is 0.108. The summed E-state index contributed by atoms with van der Waals surface area (Å²) in [6.45, 7) is 7.65. The van der Waals surface area contributed by atoms with Gasteiger partial charge in [-0.05, 0) is 173 Å². The van der Waals surface area contributed by atoms with Crippen LogP contribution in [0, 0.1) is 0 Å². The average Bonchev–Trinajstić information content (AvgIpc) is 4.16. The van der Waals surface area contributed by atoms with Gasteiger partial charge in [0.1, 0.15) is 37.9 Å². The Morgan fingerprint density at radius 1 is 0.452 bits per heavy atom. The minimum atomic E-state index is -0.704. The summed E-state index contributed by atoms with van der Waals surface area (Å²) >= 11 is 0. The normalized spacial score (nSPS) is 13.5. The Hall–Kier alpha value is -9.14. The summed E-state index contributed by atoms with van der Waals surface area (Å²) in [5.74, 6) is 0.425. The van der Waals surface area contributed by atoms with Crippen LogP contribution in [0.1, 0.15) is 44.5 Å². The lowest BCUT2D eigenvalue weighted by molar-refractivity contribution is -0.139. The molecule has 9 aromatic carbocycles. The number of hydrogen-bond donors (Lipinski definition) is 0. The van der Waals surface area contributed by atoms with Crippen LogP contribution >= 0.6 is 0 Å². The van der Waals surface area contributed by atoms with Crippen LogP contribution in [0.5, 0.6) is 11.5 Å². The molecule has 0 N–H and O–H groups in total. The number of carbonyl (C=O) groups is 2. The van der Waals surface area contributed by atoms with Crippen molar-refractivity contribution in [1.82, 2.24) is 0 Å². The van der Waals surface area contributed by atoms with E-state index in [0.717, 1.165) is 57.2 Å². The number of esters is 2. The SMILES string of the molecule is C=CC(=O)OCCOc1ccc(C2=Nc3ccc(C4(c5ccc6c(c5)CC(c5ccc(OCCOC(=O)C=C)cc5)=N6)c5ccc(-c6ccc7ccccc7c6)cc5-c5cc6ccccc6cc54)cc3C2)cc1. The van der Waals surface area contributed by atoms with Crippen molar-refractivity contribution in [3.05, 3.63) is 252 Å². The topological polar surface area (TPSA) is 95.8 Å². The molecule has 0 saturated heterocycles. The highest BCUT2D eigenvalue weighted by molar-refractivity contribution is 6.08. The molecule has 12 rings (SSSR count). The molecule has 2 aliphatic heterocycles. The lowest BCUT2D eigenvalue weighted by Gasteiger charge is -2.35. The molecule has 354 valence electrons. The number of fused-ring (bicyclic) bond motifs is 7. The maximum Gasteiger partial charge on any atom is 0.330 e. The fourth-order valence-electron chi connectivity index (χ4n) is 10.8. The van der Waals surface area contributed by atoms with E-state index in [-0.39, 0.29) is 26.4 Å². The number of nitrogens with zero attached hydrogens (tertiary/aromatic N) is 2. The highest BCUT2D eigenvalue weighted by Crippen LogP contribution is 2.58. The first-order chi connectivity index (χ1) is 35.8. The molecule has 0 aromatic heterocycles. The van der Waals surface area contributed by atoms with Gasteiger partial charge in [-0.25, -0.2) is 9.59 Å². The largest absolute Gasteiger partial charge is 0.490 e. The molecule has 8 heteroatoms. The number of hydrogen-bond acceptors (Lipinski definition) is 8. The molecular weight excluding hydrogens is 905 g/mol. The Bertz CT molecular complexity index is 3640. The third-order valence-electron chi connectivity index (χ3n) is 14.2. The maximum atomic E-state index is 11.5. The number of carbonyl (C=O) groups excluding carboxylic acids is 2. The molecule has 0 radical (unpaired) electrons. The van der Waals surface area contributed by atoms with Crippen LogP contribution < -0.4 is 9.47 Å². The molecule has 0 amide bonds. The molecular formula is C65H48N2O6. The van der Waals surface area contributed by atoms with E-state index in [1.54, 1.807) is 0 Å². The van der Waals surface area contributed by atoms with E-state index in [0.29, 0.717) is 24.3 Å². The van der Waals surface area contributed by atoms with Gasteiger partial charge in [0.05, 0.1) is 28.2 Å². The number of ether oxygens (including phenoxy) is 4. The first-order valence-corrected chi connectivity index (χ1v) is 24.5. The lowest BCUT2D eigenvalue weighted by atomic mass is 9.66. The van der Waals surface area contributed by atoms with E-state index in [4.69, 9.17) is 28.9 Å². The molecule has 73 heavy (non-hydrogen) atoms. The highest BCUT2D eigenvalue weighted by Gasteiger charge is 2.47. The summed E-state index contributed by atoms with van der Waals surface area (Å²) in [6.07, 6.45) is 3.63.